The van der Waals surface area contributed by atoms with E-state index in [4.69, 9.17) is 4.74 Å². The predicted octanol–water partition coefficient (Wildman–Crippen LogP) is 11.9. The summed E-state index contributed by atoms with van der Waals surface area (Å²) < 4.78 is 5.82. The van der Waals surface area contributed by atoms with Crippen LogP contribution >= 0.6 is 0 Å². The SMILES string of the molecule is CCCc1ccc(C(C)C)cc1-c1ccc(OC(=O)c2ccc(N(c3ccc(C)cc3)c3ccc4cc(C)ccc4c3)cc2)cc1. The Bertz CT molecular complexity index is 1970. The van der Waals surface area contributed by atoms with E-state index in [2.05, 4.69) is 131 Å². The summed E-state index contributed by atoms with van der Waals surface area (Å²) in [6, 6.07) is 43.9. The van der Waals surface area contributed by atoms with Crippen LogP contribution in [-0.4, -0.2) is 5.97 Å². The summed E-state index contributed by atoms with van der Waals surface area (Å²) in [4.78, 5) is 15.4. The number of aryl methyl sites for hydroxylation is 3. The maximum atomic E-state index is 13.2. The summed E-state index contributed by atoms with van der Waals surface area (Å²) in [5, 5.41) is 2.39. The third-order valence-corrected chi connectivity index (χ3v) is 8.59. The Morgan fingerprint density at radius 2 is 1.26 bits per heavy atom. The molecule has 0 saturated carbocycles. The van der Waals surface area contributed by atoms with Crippen LogP contribution < -0.4 is 9.64 Å². The second kappa shape index (κ2) is 13.5. The van der Waals surface area contributed by atoms with Crippen molar-refractivity contribution in [3.8, 4) is 16.9 Å². The van der Waals surface area contributed by atoms with Gasteiger partial charge in [-0.3, -0.25) is 0 Å². The third-order valence-electron chi connectivity index (χ3n) is 8.59. The molecule has 0 bridgehead atoms. The molecule has 0 atom stereocenters. The summed E-state index contributed by atoms with van der Waals surface area (Å²) in [5.41, 5.74) is 11.1. The van der Waals surface area contributed by atoms with Crippen LogP contribution in [0.5, 0.6) is 5.75 Å². The largest absolute Gasteiger partial charge is 0.423 e. The van der Waals surface area contributed by atoms with Crippen LogP contribution in [0.2, 0.25) is 0 Å². The fraction of sp³-hybridized carbons (Fsp3) is 0.186. The number of nitrogens with zero attached hydrogens (tertiary/aromatic N) is 1. The van der Waals surface area contributed by atoms with Crippen molar-refractivity contribution in [2.75, 3.05) is 4.90 Å². The molecule has 0 aliphatic carbocycles. The first-order valence-electron chi connectivity index (χ1n) is 16.2. The molecule has 46 heavy (non-hydrogen) atoms. The van der Waals surface area contributed by atoms with E-state index in [9.17, 15) is 4.79 Å². The standard InChI is InChI=1S/C43H41NO2/c1-6-7-32-12-13-35(29(2)3)28-42(32)33-17-24-41(25-18-33)46-43(45)34-14-21-39(22-15-34)44(38-19-9-30(4)10-20-38)40-23-16-36-26-31(5)8-11-37(36)27-40/h8-29H,6-7H2,1-5H3. The lowest BCUT2D eigenvalue weighted by atomic mass is 9.91. The van der Waals surface area contributed by atoms with Crippen molar-refractivity contribution < 1.29 is 9.53 Å². The normalized spacial score (nSPS) is 11.2. The Balaban J connectivity index is 1.24. The molecule has 3 heteroatoms. The molecule has 6 aromatic rings. The van der Waals surface area contributed by atoms with Gasteiger partial charge >= 0.3 is 5.97 Å². The topological polar surface area (TPSA) is 29.5 Å². The zero-order chi connectivity index (χ0) is 32.2. The van der Waals surface area contributed by atoms with Crippen molar-refractivity contribution in [3.63, 3.8) is 0 Å². The average molecular weight is 604 g/mol. The molecule has 0 N–H and O–H groups in total. The van der Waals surface area contributed by atoms with E-state index in [1.165, 1.54) is 38.6 Å². The van der Waals surface area contributed by atoms with Crippen LogP contribution in [0.25, 0.3) is 21.9 Å². The summed E-state index contributed by atoms with van der Waals surface area (Å²) in [7, 11) is 0. The van der Waals surface area contributed by atoms with Crippen LogP contribution in [0.4, 0.5) is 17.1 Å². The van der Waals surface area contributed by atoms with Crippen molar-refractivity contribution >= 4 is 33.8 Å². The predicted molar refractivity (Wildman–Crippen MR) is 193 cm³/mol. The van der Waals surface area contributed by atoms with Crippen molar-refractivity contribution in [3.05, 3.63) is 155 Å². The second-order valence-corrected chi connectivity index (χ2v) is 12.5. The lowest BCUT2D eigenvalue weighted by Gasteiger charge is -2.26. The van der Waals surface area contributed by atoms with Gasteiger partial charge in [0.1, 0.15) is 5.75 Å². The highest BCUT2D eigenvalue weighted by molar-refractivity contribution is 5.93. The number of anilines is 3. The van der Waals surface area contributed by atoms with E-state index >= 15 is 0 Å². The first-order valence-corrected chi connectivity index (χ1v) is 16.2. The van der Waals surface area contributed by atoms with Crippen LogP contribution in [0.1, 0.15) is 65.7 Å². The average Bonchev–Trinajstić information content (AvgIpc) is 3.06. The van der Waals surface area contributed by atoms with Crippen LogP contribution in [-0.2, 0) is 6.42 Å². The van der Waals surface area contributed by atoms with Crippen LogP contribution in [0, 0.1) is 13.8 Å². The molecule has 6 aromatic carbocycles. The van der Waals surface area contributed by atoms with Crippen molar-refractivity contribution in [1.29, 1.82) is 0 Å². The Labute approximate surface area is 273 Å². The van der Waals surface area contributed by atoms with Gasteiger partial charge in [0.15, 0.2) is 0 Å². The maximum Gasteiger partial charge on any atom is 0.343 e. The van der Waals surface area contributed by atoms with Gasteiger partial charge in [0, 0.05) is 17.1 Å². The summed E-state index contributed by atoms with van der Waals surface area (Å²) in [5.74, 6) is 0.611. The molecule has 0 radical (unpaired) electrons. The molecule has 0 fully saturated rings. The lowest BCUT2D eigenvalue weighted by molar-refractivity contribution is 0.0735. The Morgan fingerprint density at radius 3 is 1.93 bits per heavy atom. The van der Waals surface area contributed by atoms with Gasteiger partial charge in [-0.1, -0.05) is 105 Å². The van der Waals surface area contributed by atoms with E-state index in [0.717, 1.165) is 35.5 Å². The Kier molecular flexibility index (Phi) is 9.03. The molecular formula is C43H41NO2. The molecule has 0 heterocycles. The number of ether oxygens (including phenoxy) is 1. The molecule has 230 valence electrons. The molecule has 0 unspecified atom stereocenters. The molecule has 0 aromatic heterocycles. The van der Waals surface area contributed by atoms with E-state index in [1.54, 1.807) is 0 Å². The zero-order valence-corrected chi connectivity index (χ0v) is 27.4. The van der Waals surface area contributed by atoms with Gasteiger partial charge in [-0.2, -0.15) is 0 Å². The number of hydrogen-bond acceptors (Lipinski definition) is 3. The smallest absolute Gasteiger partial charge is 0.343 e. The van der Waals surface area contributed by atoms with Gasteiger partial charge in [-0.25, -0.2) is 4.79 Å². The summed E-state index contributed by atoms with van der Waals surface area (Å²) in [6.45, 7) is 10.9. The number of hydrogen-bond donors (Lipinski definition) is 0. The fourth-order valence-corrected chi connectivity index (χ4v) is 5.96. The van der Waals surface area contributed by atoms with Crippen molar-refractivity contribution in [2.45, 2.75) is 53.4 Å². The summed E-state index contributed by atoms with van der Waals surface area (Å²) in [6.07, 6.45) is 2.12. The van der Waals surface area contributed by atoms with Crippen molar-refractivity contribution in [2.24, 2.45) is 0 Å². The van der Waals surface area contributed by atoms with Gasteiger partial charge < -0.3 is 9.64 Å². The van der Waals surface area contributed by atoms with Crippen LogP contribution in [0.3, 0.4) is 0 Å². The molecule has 0 spiro atoms. The van der Waals surface area contributed by atoms with E-state index in [0.29, 0.717) is 17.2 Å². The Morgan fingerprint density at radius 1 is 0.652 bits per heavy atom. The highest BCUT2D eigenvalue weighted by atomic mass is 16.5. The molecule has 0 saturated heterocycles. The minimum Gasteiger partial charge on any atom is -0.423 e. The van der Waals surface area contributed by atoms with Gasteiger partial charge in [-0.05, 0) is 120 Å². The lowest BCUT2D eigenvalue weighted by Crippen LogP contribution is -2.12. The quantitative estimate of drug-likeness (QED) is 0.122. The van der Waals surface area contributed by atoms with E-state index in [-0.39, 0.29) is 5.97 Å². The fourth-order valence-electron chi connectivity index (χ4n) is 5.96. The number of benzene rings is 6. The molecule has 0 aliphatic rings. The second-order valence-electron chi connectivity index (χ2n) is 12.5. The molecular weight excluding hydrogens is 562 g/mol. The molecule has 6 rings (SSSR count). The highest BCUT2D eigenvalue weighted by Crippen LogP contribution is 2.37. The van der Waals surface area contributed by atoms with E-state index in [1.807, 2.05) is 36.4 Å². The van der Waals surface area contributed by atoms with Crippen molar-refractivity contribution in [1.82, 2.24) is 0 Å². The molecule has 0 amide bonds. The van der Waals surface area contributed by atoms with E-state index < -0.39 is 0 Å². The minimum absolute atomic E-state index is 0.379. The molecule has 0 aliphatic heterocycles. The summed E-state index contributed by atoms with van der Waals surface area (Å²) >= 11 is 0. The number of carbonyl (C=O) groups is 1. The van der Waals surface area contributed by atoms with Crippen LogP contribution in [0.15, 0.2) is 127 Å². The van der Waals surface area contributed by atoms with Gasteiger partial charge in [0.25, 0.3) is 0 Å². The number of rotatable bonds is 9. The van der Waals surface area contributed by atoms with Gasteiger partial charge in [0.2, 0.25) is 0 Å². The van der Waals surface area contributed by atoms with Gasteiger partial charge in [0.05, 0.1) is 5.56 Å². The van der Waals surface area contributed by atoms with Gasteiger partial charge in [-0.15, -0.1) is 0 Å². The minimum atomic E-state index is -0.379. The zero-order valence-electron chi connectivity index (χ0n) is 27.4. The highest BCUT2D eigenvalue weighted by Gasteiger charge is 2.16. The third kappa shape index (κ3) is 6.74. The first kappa shape index (κ1) is 30.9. The Hall–Kier alpha value is -5.15. The monoisotopic (exact) mass is 603 g/mol. The number of esters is 1. The number of carbonyl (C=O) groups excluding carboxylic acids is 1. The number of fused-ring (bicyclic) bond motifs is 1. The maximum absolute atomic E-state index is 13.2. The molecule has 3 nitrogen and oxygen atoms in total. The first-order chi connectivity index (χ1) is 22.3.